The molecular weight excluding hydrogens is 618 g/mol. The van der Waals surface area contributed by atoms with E-state index in [1.807, 2.05) is 42.5 Å². The number of hydrogen-bond acceptors (Lipinski definition) is 8. The Kier molecular flexibility index (Phi) is 11.6. The van der Waals surface area contributed by atoms with Gasteiger partial charge in [0.25, 0.3) is 0 Å². The zero-order chi connectivity index (χ0) is 33.2. The van der Waals surface area contributed by atoms with Crippen molar-refractivity contribution >= 4 is 46.6 Å². The number of thioether (sulfide) groups is 1. The number of ether oxygens (including phenoxy) is 2. The molecule has 10 nitrogen and oxygen atoms in total. The van der Waals surface area contributed by atoms with Crippen molar-refractivity contribution in [2.45, 2.75) is 55.7 Å². The fourth-order valence-electron chi connectivity index (χ4n) is 5.19. The first-order valence-corrected chi connectivity index (χ1v) is 16.3. The van der Waals surface area contributed by atoms with Crippen LogP contribution < -0.4 is 16.4 Å². The third-order valence-electron chi connectivity index (χ3n) is 7.64. The van der Waals surface area contributed by atoms with Crippen LogP contribution in [0.15, 0.2) is 102 Å². The standard InChI is InChI=1S/C36H37N3O7S/c37-29-10-2-3-11-30(29)39-34(42)14-6-13-33(41)38-26-8-5-7-25(19-26)36-45-27(22-47-32-12-4-1-9-28(32)35(43)44)20-31(46-36)24-17-15-23(21-40)16-18-24/h1-5,7-12,15-19,27,31,36,40H,6,13-14,20-22,37H2,(H,38,41)(H,39,42)(H,43,44). The number of amides is 2. The quantitative estimate of drug-likeness (QED) is 0.0795. The lowest BCUT2D eigenvalue weighted by Gasteiger charge is -2.36. The lowest BCUT2D eigenvalue weighted by molar-refractivity contribution is -0.245. The molecule has 0 radical (unpaired) electrons. The van der Waals surface area contributed by atoms with E-state index in [0.717, 1.165) is 11.1 Å². The summed E-state index contributed by atoms with van der Waals surface area (Å²) in [6.45, 7) is -0.0612. The van der Waals surface area contributed by atoms with Crippen LogP contribution in [-0.2, 0) is 25.7 Å². The number of nitrogen functional groups attached to an aromatic ring is 1. The van der Waals surface area contributed by atoms with Gasteiger partial charge in [-0.2, -0.15) is 0 Å². The van der Waals surface area contributed by atoms with Crippen LogP contribution in [0.3, 0.4) is 0 Å². The van der Waals surface area contributed by atoms with Gasteiger partial charge in [-0.1, -0.05) is 60.7 Å². The molecule has 47 heavy (non-hydrogen) atoms. The predicted octanol–water partition coefficient (Wildman–Crippen LogP) is 6.54. The van der Waals surface area contributed by atoms with Crippen molar-refractivity contribution in [3.8, 4) is 0 Å². The first kappa shape index (κ1) is 33.7. The molecule has 6 N–H and O–H groups in total. The molecular formula is C36H37N3O7S. The molecule has 4 aromatic rings. The van der Waals surface area contributed by atoms with Crippen LogP contribution in [0.5, 0.6) is 0 Å². The number of aromatic carboxylic acids is 1. The van der Waals surface area contributed by atoms with Crippen LogP contribution in [-0.4, -0.2) is 39.9 Å². The molecule has 4 aromatic carbocycles. The van der Waals surface area contributed by atoms with Gasteiger partial charge in [0.1, 0.15) is 0 Å². The molecule has 0 saturated carbocycles. The van der Waals surface area contributed by atoms with Gasteiger partial charge >= 0.3 is 5.97 Å². The second-order valence-electron chi connectivity index (χ2n) is 11.1. The minimum atomic E-state index is -0.986. The number of aliphatic hydroxyl groups is 1. The summed E-state index contributed by atoms with van der Waals surface area (Å²) < 4.78 is 12.8. The van der Waals surface area contributed by atoms with Gasteiger partial charge in [-0.25, -0.2) is 4.79 Å². The topological polar surface area (TPSA) is 160 Å². The highest BCUT2D eigenvalue weighted by molar-refractivity contribution is 7.99. The number of nitrogens with one attached hydrogen (secondary N) is 2. The fraction of sp³-hybridized carbons (Fsp3) is 0.250. The molecule has 2 amide bonds. The molecule has 1 saturated heterocycles. The highest BCUT2D eigenvalue weighted by atomic mass is 32.2. The molecule has 3 atom stereocenters. The van der Waals surface area contributed by atoms with Crippen LogP contribution in [0.2, 0.25) is 0 Å². The number of carboxylic acids is 1. The molecule has 0 bridgehead atoms. The van der Waals surface area contributed by atoms with Gasteiger partial charge in [0.2, 0.25) is 11.8 Å². The third kappa shape index (κ3) is 9.43. The summed E-state index contributed by atoms with van der Waals surface area (Å²) in [5, 5.41) is 24.8. The van der Waals surface area contributed by atoms with Gasteiger partial charge in [-0.3, -0.25) is 9.59 Å². The monoisotopic (exact) mass is 655 g/mol. The van der Waals surface area contributed by atoms with E-state index in [0.29, 0.717) is 46.1 Å². The highest BCUT2D eigenvalue weighted by Gasteiger charge is 2.32. The Labute approximate surface area is 277 Å². The van der Waals surface area contributed by atoms with E-state index in [1.54, 1.807) is 54.6 Å². The van der Waals surface area contributed by atoms with Crippen molar-refractivity contribution in [3.05, 3.63) is 119 Å². The Morgan fingerprint density at radius 1 is 0.830 bits per heavy atom. The van der Waals surface area contributed by atoms with Gasteiger partial charge < -0.3 is 36.1 Å². The number of carbonyl (C=O) groups excluding carboxylic acids is 2. The van der Waals surface area contributed by atoms with Gasteiger partial charge in [-0.15, -0.1) is 11.8 Å². The van der Waals surface area contributed by atoms with Crippen LogP contribution >= 0.6 is 11.8 Å². The Morgan fingerprint density at radius 2 is 1.55 bits per heavy atom. The first-order valence-electron chi connectivity index (χ1n) is 15.3. The van der Waals surface area contributed by atoms with Crippen LogP contribution in [0.4, 0.5) is 17.1 Å². The predicted molar refractivity (Wildman–Crippen MR) is 181 cm³/mol. The summed E-state index contributed by atoms with van der Waals surface area (Å²) in [5.41, 5.74) is 10.1. The first-order chi connectivity index (χ1) is 22.8. The second-order valence-corrected chi connectivity index (χ2v) is 12.2. The number of carbonyl (C=O) groups is 3. The lowest BCUT2D eigenvalue weighted by Crippen LogP contribution is -2.31. The normalized spacial score (nSPS) is 17.5. The maximum absolute atomic E-state index is 12.7. The summed E-state index contributed by atoms with van der Waals surface area (Å²) in [4.78, 5) is 37.5. The van der Waals surface area contributed by atoms with E-state index in [9.17, 15) is 24.6 Å². The number of para-hydroxylation sites is 2. The van der Waals surface area contributed by atoms with Crippen molar-refractivity contribution < 1.29 is 34.1 Å². The van der Waals surface area contributed by atoms with Crippen LogP contribution in [0.25, 0.3) is 0 Å². The van der Waals surface area contributed by atoms with Gasteiger partial charge in [-0.05, 0) is 53.9 Å². The average molecular weight is 656 g/mol. The number of aliphatic hydroxyl groups excluding tert-OH is 1. The summed E-state index contributed by atoms with van der Waals surface area (Å²) in [5.74, 6) is -0.937. The number of carboxylic acid groups (broad SMARTS) is 1. The van der Waals surface area contributed by atoms with E-state index in [2.05, 4.69) is 10.6 Å². The molecule has 11 heteroatoms. The van der Waals surface area contributed by atoms with Gasteiger partial charge in [0.05, 0.1) is 35.8 Å². The van der Waals surface area contributed by atoms with Crippen molar-refractivity contribution in [1.29, 1.82) is 0 Å². The lowest BCUT2D eigenvalue weighted by atomic mass is 10.0. The molecule has 5 rings (SSSR count). The Bertz CT molecular complexity index is 1700. The second kappa shape index (κ2) is 16.2. The van der Waals surface area contributed by atoms with E-state index in [4.69, 9.17) is 15.2 Å². The summed E-state index contributed by atoms with van der Waals surface area (Å²) >= 11 is 1.42. The third-order valence-corrected chi connectivity index (χ3v) is 8.85. The Morgan fingerprint density at radius 3 is 2.30 bits per heavy atom. The molecule has 1 fully saturated rings. The van der Waals surface area contributed by atoms with E-state index < -0.39 is 12.3 Å². The Hall–Kier alpha value is -4.68. The molecule has 1 heterocycles. The molecule has 244 valence electrons. The SMILES string of the molecule is Nc1ccccc1NC(=O)CCCC(=O)Nc1cccc(C2OC(CSc3ccccc3C(=O)O)CC(c3ccc(CO)cc3)O2)c1. The van der Waals surface area contributed by atoms with Crippen molar-refractivity contribution in [2.75, 3.05) is 22.1 Å². The number of rotatable bonds is 13. The van der Waals surface area contributed by atoms with Crippen molar-refractivity contribution in [3.63, 3.8) is 0 Å². The molecule has 1 aliphatic rings. The Balaban J connectivity index is 1.23. The summed E-state index contributed by atoms with van der Waals surface area (Å²) in [6, 6.07) is 28.7. The smallest absolute Gasteiger partial charge is 0.336 e. The number of hydrogen-bond donors (Lipinski definition) is 5. The van der Waals surface area contributed by atoms with Crippen molar-refractivity contribution in [1.82, 2.24) is 0 Å². The minimum Gasteiger partial charge on any atom is -0.478 e. The maximum atomic E-state index is 12.7. The van der Waals surface area contributed by atoms with E-state index >= 15 is 0 Å². The maximum Gasteiger partial charge on any atom is 0.336 e. The highest BCUT2D eigenvalue weighted by Crippen LogP contribution is 2.40. The molecule has 0 aliphatic carbocycles. The molecule has 0 aromatic heterocycles. The molecule has 1 aliphatic heterocycles. The van der Waals surface area contributed by atoms with E-state index in [1.165, 1.54) is 11.8 Å². The largest absolute Gasteiger partial charge is 0.478 e. The van der Waals surface area contributed by atoms with Crippen LogP contribution in [0, 0.1) is 0 Å². The fourth-order valence-corrected chi connectivity index (χ4v) is 6.26. The number of nitrogens with two attached hydrogens (primary N) is 1. The van der Waals surface area contributed by atoms with Gasteiger partial charge in [0, 0.05) is 41.2 Å². The summed E-state index contributed by atoms with van der Waals surface area (Å²) in [7, 11) is 0. The van der Waals surface area contributed by atoms with Crippen molar-refractivity contribution in [2.24, 2.45) is 0 Å². The number of benzene rings is 4. The van der Waals surface area contributed by atoms with Gasteiger partial charge in [0.15, 0.2) is 6.29 Å². The van der Waals surface area contributed by atoms with Crippen LogP contribution in [0.1, 0.15) is 65.1 Å². The number of anilines is 3. The minimum absolute atomic E-state index is 0.0612. The zero-order valence-corrected chi connectivity index (χ0v) is 26.5. The molecule has 3 unspecified atom stereocenters. The average Bonchev–Trinajstić information content (AvgIpc) is 3.08. The van der Waals surface area contributed by atoms with E-state index in [-0.39, 0.29) is 49.0 Å². The zero-order valence-electron chi connectivity index (χ0n) is 25.6. The summed E-state index contributed by atoms with van der Waals surface area (Å²) in [6.07, 6.45) is -0.129. The molecule has 0 spiro atoms.